The molecule has 31 rings (SSSR count). The average Bonchev–Trinajstić information content (AvgIpc) is 0.803. The van der Waals surface area contributed by atoms with Crippen molar-refractivity contribution >= 4 is 213 Å². The van der Waals surface area contributed by atoms with Crippen molar-refractivity contribution in [2.75, 3.05) is 0 Å². The van der Waals surface area contributed by atoms with E-state index in [1.165, 1.54) is 63.6 Å². The molecule has 0 spiro atoms. The van der Waals surface area contributed by atoms with Gasteiger partial charge in [0.1, 0.15) is 0 Å². The zero-order chi connectivity index (χ0) is 76.5. The van der Waals surface area contributed by atoms with Gasteiger partial charge < -0.3 is 0 Å². The summed E-state index contributed by atoms with van der Waals surface area (Å²) in [5, 5.41) is 28.2. The number of rotatable bonds is 6. The molecule has 12 heteroatoms. The van der Waals surface area contributed by atoms with Crippen molar-refractivity contribution in [2.45, 2.75) is 118 Å². The smallest absolute Gasteiger partial charge is 0.0886 e. The van der Waals surface area contributed by atoms with E-state index in [9.17, 15) is 0 Å². The van der Waals surface area contributed by atoms with Gasteiger partial charge in [0, 0.05) is 69.5 Å². The van der Waals surface area contributed by atoms with E-state index in [2.05, 4.69) is 370 Å². The van der Waals surface area contributed by atoms with E-state index in [1.807, 2.05) is 37.2 Å². The molecule has 24 bridgehead atoms. The van der Waals surface area contributed by atoms with E-state index >= 15 is 0 Å². The largest absolute Gasteiger partial charge is 0.254 e. The Morgan fingerprint density at radius 3 is 0.333 bits per heavy atom. The van der Waals surface area contributed by atoms with E-state index in [4.69, 9.17) is 29.9 Å². The number of hydrogen-bond donors (Lipinski definition) is 0. The molecule has 6 nitrogen and oxygen atoms in total. The molecule has 540 valence electrons. The van der Waals surface area contributed by atoms with Gasteiger partial charge in [-0.05, 0) is 132 Å². The Hall–Kier alpha value is -10.0. The molecule has 18 aromatic heterocycles. The van der Waals surface area contributed by atoms with Crippen LogP contribution in [0.5, 0.6) is 0 Å². The highest BCUT2D eigenvalue weighted by molar-refractivity contribution is 6.91. The Bertz CT molecular complexity index is 5420. The Morgan fingerprint density at radius 1 is 0.139 bits per heavy atom. The molecule has 0 unspecified atom stereocenters. The summed E-state index contributed by atoms with van der Waals surface area (Å²) >= 11 is 0. The molecule has 0 saturated heterocycles. The number of hydrogen-bond acceptors (Lipinski definition) is 6. The topological polar surface area (TPSA) is 77.3 Å². The van der Waals surface area contributed by atoms with E-state index in [0.29, 0.717) is 0 Å². The van der Waals surface area contributed by atoms with Gasteiger partial charge in [-0.25, -0.2) is 0 Å². The molecule has 0 aliphatic carbocycles. The van der Waals surface area contributed by atoms with Crippen LogP contribution in [0, 0.1) is 0 Å². The molecule has 0 atom stereocenters. The molecule has 0 fully saturated rings. The monoisotopic (exact) mass is 1510 g/mol. The van der Waals surface area contributed by atoms with E-state index in [1.54, 1.807) is 0 Å². The van der Waals surface area contributed by atoms with Crippen LogP contribution in [-0.2, 0) is 0 Å². The van der Waals surface area contributed by atoms with Gasteiger partial charge in [0.05, 0.1) is 81.5 Å². The Morgan fingerprint density at radius 2 is 0.241 bits per heavy atom. The van der Waals surface area contributed by atoms with E-state index < -0.39 is 48.4 Å². The first-order chi connectivity index (χ1) is 51.2. The maximum atomic E-state index is 5.00. The first-order valence-electron chi connectivity index (χ1n) is 38.0. The predicted molar refractivity (Wildman–Crippen MR) is 494 cm³/mol. The molecular formula is C96H102N6Si6. The lowest BCUT2D eigenvalue weighted by Crippen LogP contribution is -2.34. The van der Waals surface area contributed by atoms with Gasteiger partial charge >= 0.3 is 0 Å². The van der Waals surface area contributed by atoms with Crippen molar-refractivity contribution in [3.8, 4) is 0 Å². The lowest BCUT2D eigenvalue weighted by Gasteiger charge is -2.12. The number of benzene rings is 6. The fraction of sp³-hybridized carbons (Fsp3) is 0.188. The lowest BCUT2D eigenvalue weighted by atomic mass is 10.1. The van der Waals surface area contributed by atoms with Crippen molar-refractivity contribution in [3.05, 3.63) is 287 Å². The summed E-state index contributed by atoms with van der Waals surface area (Å²) in [6.45, 7) is 43.7. The highest BCUT2D eigenvalue weighted by Gasteiger charge is 2.16. The van der Waals surface area contributed by atoms with Crippen molar-refractivity contribution in [1.29, 1.82) is 0 Å². The molecule has 0 aliphatic rings. The second-order valence-corrected chi connectivity index (χ2v) is 65.7. The van der Waals surface area contributed by atoms with Crippen LogP contribution in [0.15, 0.2) is 256 Å². The van der Waals surface area contributed by atoms with Crippen LogP contribution in [0.4, 0.5) is 0 Å². The van der Waals surface area contributed by atoms with Crippen molar-refractivity contribution in [2.24, 2.45) is 0 Å². The minimum atomic E-state index is -1.74. The third kappa shape index (κ3) is 19.3. The maximum absolute atomic E-state index is 5.00. The fourth-order valence-corrected chi connectivity index (χ4v) is 21.0. The zero-order valence-corrected chi connectivity index (χ0v) is 72.4. The van der Waals surface area contributed by atoms with Crippen LogP contribution in [0.2, 0.25) is 118 Å². The van der Waals surface area contributed by atoms with Crippen molar-refractivity contribution in [3.63, 3.8) is 0 Å². The van der Waals surface area contributed by atoms with Gasteiger partial charge in [-0.15, -0.1) is 0 Å². The molecule has 13 aromatic carbocycles. The van der Waals surface area contributed by atoms with Crippen LogP contribution in [0.3, 0.4) is 0 Å². The van der Waals surface area contributed by atoms with Crippen LogP contribution in [-0.4, -0.2) is 78.3 Å². The highest BCUT2D eigenvalue weighted by Crippen LogP contribution is 2.23. The Kier molecular flexibility index (Phi) is 21.8. The Labute approximate surface area is 642 Å². The van der Waals surface area contributed by atoms with Crippen LogP contribution < -0.4 is 31.3 Å². The van der Waals surface area contributed by atoms with Crippen LogP contribution in [0.1, 0.15) is 0 Å². The highest BCUT2D eigenvalue weighted by atomic mass is 28.3. The molecule has 0 radical (unpaired) electrons. The molecule has 0 amide bonds. The van der Waals surface area contributed by atoms with Crippen molar-refractivity contribution in [1.82, 2.24) is 29.9 Å². The summed E-state index contributed by atoms with van der Waals surface area (Å²) in [7, 11) is -10.4. The molecule has 18 heterocycles. The van der Waals surface area contributed by atoms with Gasteiger partial charge in [0.2, 0.25) is 0 Å². The third-order valence-corrected chi connectivity index (χ3v) is 25.8. The Balaban J connectivity index is 0.973. The standard InChI is InChI=1S/C96H102N6Si6/c1-103(2,3)61-85-73-31-19-67(20-32-73)79-43-49-91(97-55-79)93-51-45-81(57-99-93)69-23-35-75(36-24-69)87(63-105(7,8)9)89(65-107(13,14)15)77-39-27-71(28-40-77)83-47-53-95(101-59-83)96-54-48-84(60-102-96)72-29-41-78(42-30-72)90(66-108(16,17)18)88(64-106(10,11)12)76-37-25-70(26-38-76)82-46-52-94(100-58-82)92-50-44-80(56-98-92)68-21-33-74(34-22-68)86(85)62-104(4,5)6/h19-66H,1-18H3/b85-61+,86-62+,87-63+,88-64+,89-65+,90-66+. The van der Waals surface area contributed by atoms with Gasteiger partial charge in [0.25, 0.3) is 0 Å². The molecule has 108 heavy (non-hydrogen) atoms. The number of nitrogens with zero attached hydrogens (tertiary/aromatic N) is 6. The molecular weight excluding hydrogens is 1410 g/mol. The molecule has 0 aliphatic heterocycles. The van der Waals surface area contributed by atoms with Crippen molar-refractivity contribution < 1.29 is 0 Å². The predicted octanol–water partition coefficient (Wildman–Crippen LogP) is 22.6. The summed E-state index contributed by atoms with van der Waals surface area (Å²) in [5.74, 6) is 0. The van der Waals surface area contributed by atoms with Gasteiger partial charge in [-0.3, -0.25) is 29.9 Å². The van der Waals surface area contributed by atoms with Crippen LogP contribution >= 0.6 is 0 Å². The third-order valence-electron chi connectivity index (χ3n) is 18.9. The first kappa shape index (κ1) is 76.2. The van der Waals surface area contributed by atoms with Gasteiger partial charge in [0.15, 0.2) is 0 Å². The van der Waals surface area contributed by atoms with E-state index in [-0.39, 0.29) is 0 Å². The first-order valence-corrected chi connectivity index (χ1v) is 59.4. The average molecular weight is 1510 g/mol. The normalized spacial score (nSPS) is 13.6. The molecule has 31 aromatic rings. The zero-order valence-electron chi connectivity index (χ0n) is 66.4. The van der Waals surface area contributed by atoms with Gasteiger partial charge in [-0.1, -0.05) is 334 Å². The minimum Gasteiger partial charge on any atom is -0.254 e. The molecule has 0 saturated carbocycles. The van der Waals surface area contributed by atoms with Crippen LogP contribution in [0.25, 0.3) is 164 Å². The quantitative estimate of drug-likeness (QED) is 0.154. The van der Waals surface area contributed by atoms with Gasteiger partial charge in [-0.2, -0.15) is 0 Å². The second-order valence-electron chi connectivity index (χ2n) is 35.6. The second kappa shape index (κ2) is 30.9. The SMILES string of the molecule is C[Si](C)(C)/C=c1/c(=C/[Si](C)(C)C)c2ccc(cc2)c2ccc(nc2)c2ccc(cn2)c2ccc(cc2)c(=C\[Si](C)(C)C)/c(=C/[Si](C)(C)C)c2ccc(cc2)c2ccc(nc2)c2ccc(cn2)c2ccc(cc2)c(=C\[Si](C)(C)C)/c(=C/[Si](C)(C)C)c2ccc(cc2)c2ccc(nc2)c2ccc(cn2)c2ccc1cc2. The summed E-state index contributed by atoms with van der Waals surface area (Å²) < 4.78 is 0. The van der Waals surface area contributed by atoms with E-state index in [0.717, 1.165) is 97.7 Å². The fourth-order valence-electron chi connectivity index (χ4n) is 13.8. The number of pyridine rings is 6. The summed E-state index contributed by atoms with van der Waals surface area (Å²) in [5.41, 5.74) is 20.5. The molecule has 0 N–H and O–H groups in total. The summed E-state index contributed by atoms with van der Waals surface area (Å²) in [6.07, 6.45) is 11.9. The minimum absolute atomic E-state index is 0.838. The number of aromatic nitrogens is 6. The summed E-state index contributed by atoms with van der Waals surface area (Å²) in [4.78, 5) is 30.0. The summed E-state index contributed by atoms with van der Waals surface area (Å²) in [6, 6.07) is 80.2. The maximum Gasteiger partial charge on any atom is 0.0886 e. The lowest BCUT2D eigenvalue weighted by molar-refractivity contribution is 1.39.